The van der Waals surface area contributed by atoms with Gasteiger partial charge in [0.25, 0.3) is 0 Å². The maximum absolute atomic E-state index is 13.5. The number of carbonyl (C=O) groups excluding carboxylic acids is 9. The molecule has 0 aliphatic carbocycles. The van der Waals surface area contributed by atoms with Crippen molar-refractivity contribution in [1.29, 1.82) is 11.1 Å². The van der Waals surface area contributed by atoms with Gasteiger partial charge >= 0.3 is 6.09 Å². The molecule has 814 valence electrons. The highest BCUT2D eigenvalue weighted by Gasteiger charge is 2.47. The highest BCUT2D eigenvalue weighted by atomic mass is 127. The van der Waals surface area contributed by atoms with Gasteiger partial charge in [-0.3, -0.25) is 38.4 Å². The van der Waals surface area contributed by atoms with E-state index in [2.05, 4.69) is 451 Å². The number of alkyl halides is 5. The van der Waals surface area contributed by atoms with E-state index in [0.29, 0.717) is 64.5 Å². The largest absolute Gasteiger partial charge is 0.445 e. The van der Waals surface area contributed by atoms with Crippen molar-refractivity contribution in [3.8, 4) is 250 Å². The SMILES string of the molecule is C#CC#CC#CC#CC#CC#CC#CC#CC#C.C#CC#CC#CC#CC#CC#CC#CC#CC#CC#CC#CC#CC.C[C@@H](O)[C@H](N)C(=O)N1CCC[C@H]1C(=O)N1CCC[C@H]1C(=O)N[C@H](C(N)=O)[C@@H](C)O.C[C@@H](O)[C@H](NC(=O)[C@@H]1CCCN1C(=O)[C@@H]1CCCN1C(=O)[C@@H](NC(=O)OCc1ccccc1)[C@@H](C)O)C(N)=O.IC(I)I.ICI.N=N/N=N/N(OOOO)OOOO.N=N/N=N/N(OOOO)OOOO.[HH].[HH].[HH].[HH].[HH].[HH].[HH].[HH].[HH].[HH].[HH].[HH].[HH].[HH].[HH].[HH].[HH].[HH].[HH].[HH].[HH].[HH].[HH].[HH].[HH].[HH].[HH].[HH].[HH].[HH]. The van der Waals surface area contributed by atoms with E-state index in [1.54, 1.807) is 31.2 Å². The summed E-state index contributed by atoms with van der Waals surface area (Å²) >= 11 is 11.5. The van der Waals surface area contributed by atoms with Crippen molar-refractivity contribution in [3.63, 3.8) is 0 Å². The molecule has 1 aromatic rings. The number of nitrogens with zero attached hydrogens (tertiary/aromatic N) is 12. The fraction of sp³-hybridized carbons (Fsp3) is 0.360. The first-order valence-corrected chi connectivity index (χ1v) is 46.0. The zero-order valence-corrected chi connectivity index (χ0v) is 86.4. The molecule has 50 nitrogen and oxygen atoms in total. The van der Waals surface area contributed by atoms with Gasteiger partial charge in [-0.05, 0) is 362 Å². The van der Waals surface area contributed by atoms with Crippen molar-refractivity contribution in [2.75, 3.05) is 28.6 Å². The van der Waals surface area contributed by atoms with Crippen LogP contribution >= 0.6 is 113 Å². The number of amides is 9. The van der Waals surface area contributed by atoms with Crippen molar-refractivity contribution in [2.45, 2.75) is 165 Å². The second-order valence-electron chi connectivity index (χ2n) is 25.0. The number of aliphatic hydroxyl groups excluding tert-OH is 4. The lowest BCUT2D eigenvalue weighted by Crippen LogP contribution is -2.59. The molecule has 0 aromatic heterocycles. The van der Waals surface area contributed by atoms with Crippen molar-refractivity contribution in [3.05, 3.63) is 35.9 Å². The van der Waals surface area contributed by atoms with Crippen LogP contribution in [0.2, 0.25) is 0 Å². The van der Waals surface area contributed by atoms with Crippen LogP contribution in [-0.4, -0.2) is 226 Å². The number of halogens is 5. The number of benzene rings is 1. The lowest BCUT2D eigenvalue weighted by atomic mass is 10.1. The molecule has 19 N–H and O–H groups in total. The van der Waals surface area contributed by atoms with Crippen molar-refractivity contribution < 1.29 is 192 Å². The molecule has 1 aromatic carbocycles. The van der Waals surface area contributed by atoms with Crippen molar-refractivity contribution in [1.82, 2.24) is 46.2 Å². The minimum atomic E-state index is -1.35. The first kappa shape index (κ1) is 134. The fourth-order valence-corrected chi connectivity index (χ4v) is 10.3. The highest BCUT2D eigenvalue weighted by Crippen LogP contribution is 2.28. The molecule has 55 heteroatoms. The van der Waals surface area contributed by atoms with E-state index in [4.69, 9.17) is 73.3 Å². The van der Waals surface area contributed by atoms with Gasteiger partial charge in [0, 0.05) is 115 Å². The highest BCUT2D eigenvalue weighted by molar-refractivity contribution is 14.3. The van der Waals surface area contributed by atoms with Gasteiger partial charge in [-0.1, -0.05) is 149 Å². The zero-order chi connectivity index (χ0) is 108. The predicted octanol–water partition coefficient (Wildman–Crippen LogP) is 9.02. The van der Waals surface area contributed by atoms with E-state index in [1.165, 1.54) is 49.7 Å². The van der Waals surface area contributed by atoms with E-state index in [1.807, 2.05) is 6.07 Å². The maximum Gasteiger partial charge on any atom is 0.408 e. The van der Waals surface area contributed by atoms with Crippen LogP contribution in [-0.2, 0) is 110 Å². The Labute approximate surface area is 938 Å². The van der Waals surface area contributed by atoms with E-state index in [-0.39, 0.29) is 79.1 Å². The van der Waals surface area contributed by atoms with Crippen LogP contribution in [0.3, 0.4) is 0 Å². The molecule has 0 bridgehead atoms. The van der Waals surface area contributed by atoms with Crippen LogP contribution in [0.1, 0.15) is 134 Å². The standard InChI is InChI=1S/C26H37N5O8.C25H4.C18H31N5O6.C18H2.CHI3.CH2I2.2H3N5O8.30H2/c1-15(32)20(22(27)34)28-23(35)18-10-6-12-30(18)24(36)19-11-7-13-31(19)25(37)21(16(2)33)29-26(38)39-14-17-8-4-3-5-9-17;1-3-5-7-9-11-13-15-17-19-21-23-25-24-22-20-18-16-14-12-10-8-6-4-2;1-9(24)13(19)18(29)23-8-4-6-12(23)17(28)22-7-3-5-11(22)16(27)21-14(10(2)25)15(20)26;1-3-5-7-9-11-13-15-17-18-16-14-12-10-8-6-4-2;2-1(3)4;2-1-3;2*1-2-3-4-5(8-12-10-6)9-13-11-7;;;;;;;;;;;;;;;;;;;;;;;;;;;;;;/h3-5,8-9,15-16,18-21,32-33H,6-7,10-14H2,1-2H3,(H2,27,34)(H,28,35)(H,29,38);1H,2H3;9-14,24-25H,3-8,19H2,1-2H3,(H2,20,26)(H,21,27);1-2H;1H;1H2;2*1,6-7H;30*1H/b;;;;;;2*2-1?,4-3+;;;;;;;;;;;;;;;;;;;;;;;;;;;;;;/t15-,16-,18+,19+,20+,21+;;9-,10-,11+,12+,13+,14+;;;;;;;;;;;;;;;;;;;;;;;;;;;;;;;;;;;/m1.1.................................../s1. The number of rotatable bonds is 33. The van der Waals surface area contributed by atoms with Gasteiger partial charge in [-0.25, -0.2) is 25.8 Å². The Morgan fingerprint density at radius 1 is 0.438 bits per heavy atom. The maximum atomic E-state index is 13.5. The van der Waals surface area contributed by atoms with Crippen LogP contribution < -0.4 is 33.2 Å². The smallest absolute Gasteiger partial charge is 0.408 e. The number of carbonyl (C=O) groups is 9. The lowest BCUT2D eigenvalue weighted by Gasteiger charge is -2.33. The molecule has 12 atom stereocenters. The summed E-state index contributed by atoms with van der Waals surface area (Å²) in [5, 5.41) is 117. The molecular weight excluding hydrogens is 2460 g/mol. The van der Waals surface area contributed by atoms with E-state index >= 15 is 0 Å². The molecule has 0 saturated carbocycles. The van der Waals surface area contributed by atoms with E-state index in [9.17, 15) is 63.6 Å². The zero-order valence-electron chi connectivity index (χ0n) is 75.6. The van der Waals surface area contributed by atoms with Crippen LogP contribution in [0.5, 0.6) is 0 Å². The molecule has 0 radical (unpaired) electrons. The summed E-state index contributed by atoms with van der Waals surface area (Å²) in [6.45, 7) is 8.28. The van der Waals surface area contributed by atoms with Crippen LogP contribution in [0.15, 0.2) is 61.7 Å². The number of hydrogen-bond acceptors (Lipinski definition) is 35. The summed E-state index contributed by atoms with van der Waals surface area (Å²) in [4.78, 5) is 134. The number of terminal acetylenes is 3. The van der Waals surface area contributed by atoms with Gasteiger partial charge in [0.15, 0.2) is 0 Å². The minimum absolute atomic E-state index is 0. The number of primary amides is 2. The first-order chi connectivity index (χ1) is 69.2. The number of ether oxygens (including phenoxy) is 1. The molecule has 5 rings (SSSR count). The number of hydrogen-bond donors (Lipinski definition) is 16. The summed E-state index contributed by atoms with van der Waals surface area (Å²) < 4.78 is 7.11. The topological polar surface area (TPSA) is 691 Å². The summed E-state index contributed by atoms with van der Waals surface area (Å²) in [5.41, 5.74) is 29.2. The van der Waals surface area contributed by atoms with Gasteiger partial charge in [0.2, 0.25) is 47.3 Å². The number of likely N-dealkylation sites (tertiary alicyclic amines) is 4. The monoisotopic (exact) mass is 2610 g/mol. The second kappa shape index (κ2) is 90.1. The molecule has 144 heavy (non-hydrogen) atoms. The van der Waals surface area contributed by atoms with Crippen LogP contribution in [0, 0.1) is 261 Å². The Kier molecular flexibility index (Phi) is 83.8. The van der Waals surface area contributed by atoms with Gasteiger partial charge < -0.3 is 77.9 Å². The minimum Gasteiger partial charge on any atom is -0.445 e. The Morgan fingerprint density at radius 2 is 0.701 bits per heavy atom. The second-order valence-corrected chi connectivity index (χ2v) is 40.3. The van der Waals surface area contributed by atoms with Crippen LogP contribution in [0.25, 0.3) is 0 Å². The third-order valence-electron chi connectivity index (χ3n) is 15.7. The average Bonchev–Trinajstić information content (AvgIpc) is 1.64. The third-order valence-corrected chi connectivity index (χ3v) is 15.7. The quantitative estimate of drug-likeness (QED) is 0.00779. The van der Waals surface area contributed by atoms with Gasteiger partial charge in [-0.2, -0.15) is 11.1 Å². The molecule has 4 fully saturated rings. The first-order valence-electron chi connectivity index (χ1n) is 39.2. The lowest BCUT2D eigenvalue weighted by molar-refractivity contribution is -0.764. The molecule has 0 spiro atoms. The van der Waals surface area contributed by atoms with Crippen molar-refractivity contribution in [2.24, 2.45) is 48.5 Å². The van der Waals surface area contributed by atoms with Gasteiger partial charge in [-0.15, -0.1) is 19.3 Å². The summed E-state index contributed by atoms with van der Waals surface area (Å²) in [6.07, 6.45) is 12.9. The summed E-state index contributed by atoms with van der Waals surface area (Å²) in [5.74, 6) is 90.2. The van der Waals surface area contributed by atoms with E-state index in [0.717, 1.165) is 5.50 Å². The van der Waals surface area contributed by atoms with Gasteiger partial charge in [0.1, 0.15) is 54.9 Å². The molecule has 4 aliphatic rings. The normalized spacial score (nSPS) is 14.6. The number of alkyl carbamates (subject to hydrolysis) is 1. The van der Waals surface area contributed by atoms with Crippen molar-refractivity contribution >= 4 is 166 Å². The summed E-state index contributed by atoms with van der Waals surface area (Å²) in [6, 6.07) is 0.580. The Hall–Kier alpha value is -14.2. The molecule has 0 unspecified atom stereocenters. The molecular formula is C89H143I5N20O30. The summed E-state index contributed by atoms with van der Waals surface area (Å²) in [7, 11) is 0. The molecule has 4 heterocycles. The fourth-order valence-electron chi connectivity index (χ4n) is 10.3. The van der Waals surface area contributed by atoms with Crippen LogP contribution in [0.4, 0.5) is 4.79 Å². The van der Waals surface area contributed by atoms with Gasteiger partial charge in [0.05, 0.1) is 37.5 Å². The molecule has 4 saturated heterocycles. The Bertz CT molecular complexity index is 5860. The molecule has 9 amide bonds. The number of nitrogens with two attached hydrogens (primary N) is 3. The third kappa shape index (κ3) is 66.5. The predicted molar refractivity (Wildman–Crippen MR) is 601 cm³/mol. The Balaban J connectivity index is -0.0000000436. The van der Waals surface area contributed by atoms with E-state index < -0.39 is 120 Å². The number of nitrogens with one attached hydrogen (secondary N) is 5. The number of aliphatic hydroxyl groups is 4. The Morgan fingerprint density at radius 3 is 0.951 bits per heavy atom. The molecule has 4 aliphatic heterocycles. The average molecular weight is 2610 g/mol.